The summed E-state index contributed by atoms with van der Waals surface area (Å²) in [6.45, 7) is 7.94. The molecule has 170 valence electrons. The van der Waals surface area contributed by atoms with Gasteiger partial charge in [0, 0.05) is 32.4 Å². The Labute approximate surface area is 204 Å². The molecule has 0 radical (unpaired) electrons. The van der Waals surface area contributed by atoms with Gasteiger partial charge >= 0.3 is 0 Å². The molecule has 2 aromatic carbocycles. The van der Waals surface area contributed by atoms with E-state index in [-0.39, 0.29) is 24.0 Å². The van der Waals surface area contributed by atoms with Crippen molar-refractivity contribution in [2.24, 2.45) is 10.9 Å². The van der Waals surface area contributed by atoms with Gasteiger partial charge in [-0.15, -0.1) is 24.0 Å². The summed E-state index contributed by atoms with van der Waals surface area (Å²) in [5, 5.41) is 3.44. The van der Waals surface area contributed by atoms with Gasteiger partial charge in [0.2, 0.25) is 0 Å². The van der Waals surface area contributed by atoms with Gasteiger partial charge in [-0.2, -0.15) is 0 Å². The lowest BCUT2D eigenvalue weighted by molar-refractivity contribution is 0.234. The van der Waals surface area contributed by atoms with E-state index in [1.807, 2.05) is 12.1 Å². The highest BCUT2D eigenvalue weighted by Crippen LogP contribution is 2.32. The molecule has 31 heavy (non-hydrogen) atoms. The number of guanidine groups is 1. The van der Waals surface area contributed by atoms with E-state index in [0.717, 1.165) is 44.0 Å². The zero-order chi connectivity index (χ0) is 21.6. The third kappa shape index (κ3) is 7.20. The van der Waals surface area contributed by atoms with Crippen LogP contribution in [0.4, 0.5) is 0 Å². The second-order valence-corrected chi connectivity index (χ2v) is 10.1. The summed E-state index contributed by atoms with van der Waals surface area (Å²) < 4.78 is 23.2. The van der Waals surface area contributed by atoms with Gasteiger partial charge < -0.3 is 10.2 Å². The molecule has 0 aromatic heterocycles. The van der Waals surface area contributed by atoms with E-state index in [4.69, 9.17) is 4.99 Å². The molecule has 0 saturated carbocycles. The van der Waals surface area contributed by atoms with Crippen molar-refractivity contribution >= 4 is 39.8 Å². The lowest BCUT2D eigenvalue weighted by atomic mass is 9.82. The predicted molar refractivity (Wildman–Crippen MR) is 139 cm³/mol. The first-order valence-corrected chi connectivity index (χ1v) is 12.6. The molecule has 2 unspecified atom stereocenters. The Morgan fingerprint density at radius 3 is 2.39 bits per heavy atom. The molecule has 1 fully saturated rings. The molecule has 7 heteroatoms. The molecule has 0 spiro atoms. The lowest BCUT2D eigenvalue weighted by Gasteiger charge is -2.39. The van der Waals surface area contributed by atoms with Gasteiger partial charge in [0.05, 0.1) is 4.90 Å². The zero-order valence-corrected chi connectivity index (χ0v) is 21.8. The number of piperidine rings is 1. The maximum Gasteiger partial charge on any atom is 0.193 e. The molecule has 2 atom stereocenters. The largest absolute Gasteiger partial charge is 0.357 e. The van der Waals surface area contributed by atoms with Crippen LogP contribution >= 0.6 is 24.0 Å². The second-order valence-electron chi connectivity index (χ2n) is 8.13. The van der Waals surface area contributed by atoms with Gasteiger partial charge in [-0.05, 0) is 54.9 Å². The highest BCUT2D eigenvalue weighted by molar-refractivity contribution is 14.0. The maximum atomic E-state index is 11.6. The minimum absolute atomic E-state index is 0. The Kier molecular flexibility index (Phi) is 9.81. The fraction of sp³-hybridized carbons (Fsp3) is 0.458. The highest BCUT2D eigenvalue weighted by atomic mass is 127. The van der Waals surface area contributed by atoms with Crippen molar-refractivity contribution in [3.63, 3.8) is 0 Å². The summed E-state index contributed by atoms with van der Waals surface area (Å²) in [4.78, 5) is 7.58. The fourth-order valence-electron chi connectivity index (χ4n) is 4.15. The van der Waals surface area contributed by atoms with Crippen LogP contribution in [0, 0.1) is 5.92 Å². The summed E-state index contributed by atoms with van der Waals surface area (Å²) >= 11 is 0. The van der Waals surface area contributed by atoms with Crippen LogP contribution in [-0.2, 0) is 16.3 Å². The molecule has 1 N–H and O–H groups in total. The Balaban J connectivity index is 0.00000341. The number of nitrogens with zero attached hydrogens (tertiary/aromatic N) is 2. The van der Waals surface area contributed by atoms with Crippen molar-refractivity contribution in [3.8, 4) is 0 Å². The van der Waals surface area contributed by atoms with E-state index in [1.54, 1.807) is 12.1 Å². The third-order valence-electron chi connectivity index (χ3n) is 5.78. The van der Waals surface area contributed by atoms with Gasteiger partial charge in [0.25, 0.3) is 0 Å². The zero-order valence-electron chi connectivity index (χ0n) is 18.6. The molecule has 0 aliphatic carbocycles. The van der Waals surface area contributed by atoms with Crippen LogP contribution in [0.25, 0.3) is 0 Å². The summed E-state index contributed by atoms with van der Waals surface area (Å²) in [5.41, 5.74) is 2.53. The number of likely N-dealkylation sites (tertiary alicyclic amines) is 1. The molecule has 1 saturated heterocycles. The molecule has 0 bridgehead atoms. The Morgan fingerprint density at radius 1 is 1.13 bits per heavy atom. The second kappa shape index (κ2) is 11.9. The molecule has 2 aromatic rings. The van der Waals surface area contributed by atoms with Crippen molar-refractivity contribution < 1.29 is 8.42 Å². The van der Waals surface area contributed by atoms with Crippen LogP contribution in [0.5, 0.6) is 0 Å². The molecular weight excluding hydrogens is 521 g/mol. The number of hydrogen-bond acceptors (Lipinski definition) is 3. The Morgan fingerprint density at radius 2 is 1.81 bits per heavy atom. The van der Waals surface area contributed by atoms with E-state index < -0.39 is 9.84 Å². The van der Waals surface area contributed by atoms with Crippen molar-refractivity contribution in [1.82, 2.24) is 10.2 Å². The first kappa shape index (κ1) is 25.6. The van der Waals surface area contributed by atoms with Crippen molar-refractivity contribution in [2.45, 2.75) is 37.5 Å². The van der Waals surface area contributed by atoms with E-state index in [9.17, 15) is 8.42 Å². The quantitative estimate of drug-likeness (QED) is 0.327. The predicted octanol–water partition coefficient (Wildman–Crippen LogP) is 4.34. The molecule has 1 heterocycles. The number of hydrogen-bond donors (Lipinski definition) is 1. The van der Waals surface area contributed by atoms with Gasteiger partial charge in [-0.1, -0.05) is 49.4 Å². The molecular formula is C24H34IN3O2S. The van der Waals surface area contributed by atoms with Crippen molar-refractivity contribution in [1.29, 1.82) is 0 Å². The number of halogens is 1. The van der Waals surface area contributed by atoms with Gasteiger partial charge in [0.1, 0.15) is 0 Å². The Bertz CT molecular complexity index is 947. The first-order valence-electron chi connectivity index (χ1n) is 10.8. The number of benzene rings is 2. The summed E-state index contributed by atoms with van der Waals surface area (Å²) in [5.74, 6) is 2.14. The smallest absolute Gasteiger partial charge is 0.193 e. The molecule has 1 aliphatic rings. The summed E-state index contributed by atoms with van der Waals surface area (Å²) in [6.07, 6.45) is 3.15. The van der Waals surface area contributed by atoms with Gasteiger partial charge in [0.15, 0.2) is 15.8 Å². The average molecular weight is 556 g/mol. The van der Waals surface area contributed by atoms with Crippen LogP contribution in [0.1, 0.15) is 37.3 Å². The van der Waals surface area contributed by atoms with Crippen molar-refractivity contribution in [2.75, 3.05) is 32.4 Å². The first-order chi connectivity index (χ1) is 14.4. The monoisotopic (exact) mass is 555 g/mol. The highest BCUT2D eigenvalue weighted by Gasteiger charge is 2.28. The van der Waals surface area contributed by atoms with E-state index in [0.29, 0.717) is 23.3 Å². The number of rotatable bonds is 6. The summed E-state index contributed by atoms with van der Waals surface area (Å²) in [7, 11) is -3.15. The topological polar surface area (TPSA) is 61.8 Å². The minimum Gasteiger partial charge on any atom is -0.357 e. The van der Waals surface area contributed by atoms with E-state index >= 15 is 0 Å². The van der Waals surface area contributed by atoms with E-state index in [2.05, 4.69) is 54.4 Å². The summed E-state index contributed by atoms with van der Waals surface area (Å²) in [6, 6.07) is 17.9. The number of sulfone groups is 1. The van der Waals surface area contributed by atoms with Gasteiger partial charge in [-0.3, -0.25) is 4.99 Å². The van der Waals surface area contributed by atoms with Crippen LogP contribution in [-0.4, -0.2) is 51.7 Å². The standard InChI is InChI=1S/C24H33N3O2S.HI/c1-4-25-24(26-16-14-20-10-12-22(13-11-20)30(3,28)29)27-17-15-23(19(2)18-27)21-8-6-5-7-9-21;/h5-13,19,23H,4,14-18H2,1-3H3,(H,25,26);1H. The van der Waals surface area contributed by atoms with Crippen LogP contribution in [0.3, 0.4) is 0 Å². The molecule has 0 amide bonds. The maximum absolute atomic E-state index is 11.6. The molecule has 1 aliphatic heterocycles. The van der Waals surface area contributed by atoms with Crippen LogP contribution in [0.2, 0.25) is 0 Å². The fourth-order valence-corrected chi connectivity index (χ4v) is 4.78. The minimum atomic E-state index is -3.15. The number of nitrogens with one attached hydrogen (secondary N) is 1. The molecule has 3 rings (SSSR count). The Hall–Kier alpha value is -1.61. The lowest BCUT2D eigenvalue weighted by Crippen LogP contribution is -2.48. The van der Waals surface area contributed by atoms with Crippen LogP contribution < -0.4 is 5.32 Å². The molecule has 5 nitrogen and oxygen atoms in total. The normalized spacial score (nSPS) is 19.6. The third-order valence-corrected chi connectivity index (χ3v) is 6.91. The van der Waals surface area contributed by atoms with Gasteiger partial charge in [-0.25, -0.2) is 8.42 Å². The van der Waals surface area contributed by atoms with E-state index in [1.165, 1.54) is 11.8 Å². The van der Waals surface area contributed by atoms with Crippen molar-refractivity contribution in [3.05, 3.63) is 65.7 Å². The van der Waals surface area contributed by atoms with Crippen LogP contribution in [0.15, 0.2) is 64.5 Å². The average Bonchev–Trinajstić information content (AvgIpc) is 2.73. The number of aliphatic imine (C=N–C) groups is 1. The SMILES string of the molecule is CCNC(=NCCc1ccc(S(C)(=O)=O)cc1)N1CCC(c2ccccc2)C(C)C1.I.